The number of methoxy groups -OCH3 is 1. The second kappa shape index (κ2) is 7.80. The molecular formula is C13H25NO2. The van der Waals surface area contributed by atoms with E-state index in [1.54, 1.807) is 14.0 Å². The van der Waals surface area contributed by atoms with Gasteiger partial charge in [-0.05, 0) is 45.7 Å². The van der Waals surface area contributed by atoms with Crippen molar-refractivity contribution in [2.75, 3.05) is 26.8 Å². The maximum Gasteiger partial charge on any atom is 0.129 e. The largest absolute Gasteiger partial charge is 0.383 e. The second-order valence-electron chi connectivity index (χ2n) is 4.80. The molecule has 1 rings (SSSR count). The first-order chi connectivity index (χ1) is 7.74. The van der Waals surface area contributed by atoms with Gasteiger partial charge in [0.1, 0.15) is 5.78 Å². The molecule has 3 nitrogen and oxygen atoms in total. The summed E-state index contributed by atoms with van der Waals surface area (Å²) in [6.45, 7) is 4.94. The summed E-state index contributed by atoms with van der Waals surface area (Å²) >= 11 is 0. The number of carbonyl (C=O) groups is 1. The lowest BCUT2D eigenvalue weighted by Gasteiger charge is -2.23. The number of hydrogen-bond donors (Lipinski definition) is 0. The highest BCUT2D eigenvalue weighted by atomic mass is 16.5. The van der Waals surface area contributed by atoms with E-state index in [9.17, 15) is 4.79 Å². The molecular weight excluding hydrogens is 202 g/mol. The summed E-state index contributed by atoms with van der Waals surface area (Å²) in [6, 6.07) is 0.637. The van der Waals surface area contributed by atoms with Gasteiger partial charge in [0.15, 0.2) is 0 Å². The maximum absolute atomic E-state index is 10.8. The van der Waals surface area contributed by atoms with Crippen molar-refractivity contribution in [3.8, 4) is 0 Å². The van der Waals surface area contributed by atoms with Gasteiger partial charge < -0.3 is 9.53 Å². The lowest BCUT2D eigenvalue weighted by molar-refractivity contribution is -0.117. The summed E-state index contributed by atoms with van der Waals surface area (Å²) in [4.78, 5) is 13.3. The summed E-state index contributed by atoms with van der Waals surface area (Å²) in [5, 5.41) is 0. The van der Waals surface area contributed by atoms with Crippen LogP contribution in [0.25, 0.3) is 0 Å². The van der Waals surface area contributed by atoms with Crippen LogP contribution in [0, 0.1) is 0 Å². The number of likely N-dealkylation sites (tertiary alicyclic amines) is 1. The molecule has 0 aliphatic carbocycles. The topological polar surface area (TPSA) is 29.5 Å². The summed E-state index contributed by atoms with van der Waals surface area (Å²) in [7, 11) is 1.78. The Kier molecular flexibility index (Phi) is 6.65. The van der Waals surface area contributed by atoms with E-state index in [0.29, 0.717) is 11.8 Å². The average molecular weight is 227 g/mol. The Morgan fingerprint density at radius 1 is 1.38 bits per heavy atom. The van der Waals surface area contributed by atoms with Crippen molar-refractivity contribution in [1.82, 2.24) is 4.90 Å². The van der Waals surface area contributed by atoms with Crippen LogP contribution in [0.2, 0.25) is 0 Å². The monoisotopic (exact) mass is 227 g/mol. The summed E-state index contributed by atoms with van der Waals surface area (Å²) in [5.74, 6) is 0.318. The molecule has 0 aromatic carbocycles. The van der Waals surface area contributed by atoms with Crippen molar-refractivity contribution in [1.29, 1.82) is 0 Å². The molecule has 1 heterocycles. The Bertz CT molecular complexity index is 206. The van der Waals surface area contributed by atoms with E-state index in [1.165, 1.54) is 38.8 Å². The number of nitrogens with zero attached hydrogens (tertiary/aromatic N) is 1. The summed E-state index contributed by atoms with van der Waals surface area (Å²) in [6.07, 6.45) is 6.78. The average Bonchev–Trinajstić information content (AvgIpc) is 2.65. The van der Waals surface area contributed by atoms with Crippen LogP contribution in [-0.2, 0) is 9.53 Å². The first-order valence-corrected chi connectivity index (χ1v) is 6.46. The molecule has 0 spiro atoms. The van der Waals surface area contributed by atoms with Gasteiger partial charge >= 0.3 is 0 Å². The Labute approximate surface area is 99.1 Å². The first-order valence-electron chi connectivity index (χ1n) is 6.46. The molecule has 1 aliphatic rings. The SMILES string of the molecule is COC[C@@H]1CCCN1CCCCCC(C)=O. The molecule has 1 fully saturated rings. The van der Waals surface area contributed by atoms with E-state index in [0.717, 1.165) is 19.4 Å². The number of rotatable bonds is 8. The van der Waals surface area contributed by atoms with Crippen LogP contribution in [0.15, 0.2) is 0 Å². The van der Waals surface area contributed by atoms with E-state index >= 15 is 0 Å². The van der Waals surface area contributed by atoms with Crippen LogP contribution >= 0.6 is 0 Å². The Hall–Kier alpha value is -0.410. The zero-order valence-corrected chi connectivity index (χ0v) is 10.7. The molecule has 0 bridgehead atoms. The van der Waals surface area contributed by atoms with E-state index in [2.05, 4.69) is 4.90 Å². The lowest BCUT2D eigenvalue weighted by atomic mass is 10.1. The van der Waals surface area contributed by atoms with Gasteiger partial charge in [-0.1, -0.05) is 6.42 Å². The van der Waals surface area contributed by atoms with Gasteiger partial charge in [-0.2, -0.15) is 0 Å². The number of ether oxygens (including phenoxy) is 1. The minimum absolute atomic E-state index is 0.318. The Balaban J connectivity index is 2.05. The predicted molar refractivity (Wildman–Crippen MR) is 65.6 cm³/mol. The van der Waals surface area contributed by atoms with Gasteiger partial charge in [0, 0.05) is 19.6 Å². The van der Waals surface area contributed by atoms with Gasteiger partial charge in [0.25, 0.3) is 0 Å². The quantitative estimate of drug-likeness (QED) is 0.596. The molecule has 3 heteroatoms. The summed E-state index contributed by atoms with van der Waals surface area (Å²) in [5.41, 5.74) is 0. The maximum atomic E-state index is 10.8. The third-order valence-corrected chi connectivity index (χ3v) is 3.33. The van der Waals surface area contributed by atoms with E-state index in [1.807, 2.05) is 0 Å². The molecule has 0 saturated carbocycles. The highest BCUT2D eigenvalue weighted by Crippen LogP contribution is 2.18. The van der Waals surface area contributed by atoms with Crippen molar-refractivity contribution in [3.05, 3.63) is 0 Å². The number of ketones is 1. The van der Waals surface area contributed by atoms with Gasteiger partial charge in [-0.3, -0.25) is 4.90 Å². The molecule has 0 amide bonds. The van der Waals surface area contributed by atoms with Gasteiger partial charge in [-0.15, -0.1) is 0 Å². The number of Topliss-reactive ketones (excluding diaryl/α,β-unsaturated/α-hetero) is 1. The van der Waals surface area contributed by atoms with Crippen LogP contribution in [0.4, 0.5) is 0 Å². The first kappa shape index (κ1) is 13.7. The standard InChI is InChI=1S/C13H25NO2/c1-12(15)7-4-3-5-9-14-10-6-8-13(14)11-16-2/h13H,3-11H2,1-2H3/t13-/m0/s1. The smallest absolute Gasteiger partial charge is 0.129 e. The van der Waals surface area contributed by atoms with Gasteiger partial charge in [-0.25, -0.2) is 0 Å². The third kappa shape index (κ3) is 5.08. The molecule has 0 N–H and O–H groups in total. The Morgan fingerprint density at radius 3 is 2.88 bits per heavy atom. The molecule has 1 saturated heterocycles. The fourth-order valence-electron chi connectivity index (χ4n) is 2.44. The summed E-state index contributed by atoms with van der Waals surface area (Å²) < 4.78 is 5.23. The van der Waals surface area contributed by atoms with Crippen molar-refractivity contribution < 1.29 is 9.53 Å². The van der Waals surface area contributed by atoms with Crippen molar-refractivity contribution >= 4 is 5.78 Å². The molecule has 94 valence electrons. The van der Waals surface area contributed by atoms with Crippen molar-refractivity contribution in [3.63, 3.8) is 0 Å². The fourth-order valence-corrected chi connectivity index (χ4v) is 2.44. The normalized spacial score (nSPS) is 21.5. The van der Waals surface area contributed by atoms with Crippen molar-refractivity contribution in [2.45, 2.75) is 51.5 Å². The van der Waals surface area contributed by atoms with Crippen LogP contribution in [0.1, 0.15) is 45.4 Å². The molecule has 1 atom stereocenters. The minimum atomic E-state index is 0.318. The Morgan fingerprint density at radius 2 is 2.19 bits per heavy atom. The molecule has 16 heavy (non-hydrogen) atoms. The molecule has 1 aliphatic heterocycles. The zero-order valence-electron chi connectivity index (χ0n) is 10.7. The number of carbonyl (C=O) groups excluding carboxylic acids is 1. The zero-order chi connectivity index (χ0) is 11.8. The van der Waals surface area contributed by atoms with Crippen molar-refractivity contribution in [2.24, 2.45) is 0 Å². The molecule has 0 radical (unpaired) electrons. The van der Waals surface area contributed by atoms with E-state index in [-0.39, 0.29) is 0 Å². The molecule has 0 aromatic heterocycles. The molecule has 0 aromatic rings. The third-order valence-electron chi connectivity index (χ3n) is 3.33. The van der Waals surface area contributed by atoms with E-state index < -0.39 is 0 Å². The highest BCUT2D eigenvalue weighted by molar-refractivity contribution is 5.75. The number of unbranched alkanes of at least 4 members (excludes halogenated alkanes) is 2. The minimum Gasteiger partial charge on any atom is -0.383 e. The van der Waals surface area contributed by atoms with Crippen LogP contribution in [0.5, 0.6) is 0 Å². The van der Waals surface area contributed by atoms with Gasteiger partial charge in [0.05, 0.1) is 6.61 Å². The second-order valence-corrected chi connectivity index (χ2v) is 4.80. The lowest BCUT2D eigenvalue weighted by Crippen LogP contribution is -2.33. The van der Waals surface area contributed by atoms with E-state index in [4.69, 9.17) is 4.74 Å². The highest BCUT2D eigenvalue weighted by Gasteiger charge is 2.23. The van der Waals surface area contributed by atoms with Crippen LogP contribution in [0.3, 0.4) is 0 Å². The predicted octanol–water partition coefficient (Wildman–Crippen LogP) is 2.25. The van der Waals surface area contributed by atoms with Crippen LogP contribution in [-0.4, -0.2) is 43.5 Å². The molecule has 0 unspecified atom stereocenters. The van der Waals surface area contributed by atoms with Crippen LogP contribution < -0.4 is 0 Å². The number of hydrogen-bond acceptors (Lipinski definition) is 3. The fraction of sp³-hybridized carbons (Fsp3) is 0.923. The van der Waals surface area contributed by atoms with Gasteiger partial charge in [0.2, 0.25) is 0 Å².